The topological polar surface area (TPSA) is 88.4 Å². The lowest BCUT2D eigenvalue weighted by Crippen LogP contribution is -2.42. The van der Waals surface area contributed by atoms with E-state index in [0.717, 1.165) is 0 Å². The number of benzene rings is 2. The van der Waals surface area contributed by atoms with E-state index in [9.17, 15) is 19.5 Å². The number of fused-ring (bicyclic) bond motifs is 1. The molecule has 0 saturated heterocycles. The quantitative estimate of drug-likeness (QED) is 0.614. The molecule has 1 amide bonds. The molecule has 1 heterocycles. The van der Waals surface area contributed by atoms with Gasteiger partial charge in [0.05, 0.1) is 12.1 Å². The first-order chi connectivity index (χ1) is 13.9. The second-order valence-electron chi connectivity index (χ2n) is 6.39. The van der Waals surface area contributed by atoms with Gasteiger partial charge >= 0.3 is 5.97 Å². The number of para-hydroxylation sites is 1. The van der Waals surface area contributed by atoms with E-state index in [-0.39, 0.29) is 24.1 Å². The number of hydrogen-bond donors (Lipinski definition) is 2. The summed E-state index contributed by atoms with van der Waals surface area (Å²) in [5.74, 6) is 0.699. The largest absolute Gasteiger partial charge is 0.480 e. The Morgan fingerprint density at radius 2 is 1.86 bits per heavy atom. The number of carbonyl (C=O) groups is 2. The lowest BCUT2D eigenvalue weighted by atomic mass is 10.0. The van der Waals surface area contributed by atoms with Crippen LogP contribution in [0.5, 0.6) is 0 Å². The summed E-state index contributed by atoms with van der Waals surface area (Å²) in [4.78, 5) is 36.7. The zero-order chi connectivity index (χ0) is 21.0. The Morgan fingerprint density at radius 3 is 2.52 bits per heavy atom. The van der Waals surface area contributed by atoms with Gasteiger partial charge in [-0.3, -0.25) is 14.2 Å². The van der Waals surface area contributed by atoms with Crippen LogP contribution < -0.4 is 10.9 Å². The number of carboxylic acid groups (broad SMARTS) is 1. The van der Waals surface area contributed by atoms with Gasteiger partial charge in [0.2, 0.25) is 0 Å². The van der Waals surface area contributed by atoms with E-state index in [1.807, 2.05) is 0 Å². The summed E-state index contributed by atoms with van der Waals surface area (Å²) < 4.78 is 1.45. The molecular weight excluding hydrogens is 392 g/mol. The van der Waals surface area contributed by atoms with E-state index in [1.165, 1.54) is 22.8 Å². The molecule has 2 aromatic carbocycles. The van der Waals surface area contributed by atoms with Gasteiger partial charge in [0.25, 0.3) is 11.5 Å². The van der Waals surface area contributed by atoms with Gasteiger partial charge in [0.15, 0.2) is 0 Å². The number of hydrogen-bond acceptors (Lipinski definition) is 3. The van der Waals surface area contributed by atoms with E-state index >= 15 is 0 Å². The second-order valence-corrected chi connectivity index (χ2v) is 6.83. The van der Waals surface area contributed by atoms with Gasteiger partial charge in [0.1, 0.15) is 6.04 Å². The highest BCUT2D eigenvalue weighted by atomic mass is 35.5. The predicted octanol–water partition coefficient (Wildman–Crippen LogP) is 2.71. The number of carbonyl (C=O) groups excluding carboxylic acids is 1. The molecule has 3 rings (SSSR count). The van der Waals surface area contributed by atoms with Gasteiger partial charge in [-0.15, -0.1) is 6.42 Å². The van der Waals surface area contributed by atoms with Crippen molar-refractivity contribution in [3.8, 4) is 12.3 Å². The van der Waals surface area contributed by atoms with E-state index in [2.05, 4.69) is 11.2 Å². The van der Waals surface area contributed by atoms with Crippen molar-refractivity contribution in [1.29, 1.82) is 0 Å². The molecule has 0 spiro atoms. The number of aromatic nitrogens is 1. The van der Waals surface area contributed by atoms with Crippen LogP contribution in [0.1, 0.15) is 15.9 Å². The molecule has 3 aromatic rings. The van der Waals surface area contributed by atoms with E-state index in [0.29, 0.717) is 21.5 Å². The first-order valence-electron chi connectivity index (χ1n) is 8.75. The normalized spacial score (nSPS) is 11.6. The number of amides is 1. The van der Waals surface area contributed by atoms with Crippen molar-refractivity contribution >= 4 is 34.4 Å². The summed E-state index contributed by atoms with van der Waals surface area (Å²) in [6.07, 6.45) is 5.30. The van der Waals surface area contributed by atoms with Gasteiger partial charge in [-0.05, 0) is 35.9 Å². The minimum absolute atomic E-state index is 0.0543. The van der Waals surface area contributed by atoms with Crippen LogP contribution in [0.25, 0.3) is 10.9 Å². The predicted molar refractivity (Wildman–Crippen MR) is 111 cm³/mol. The van der Waals surface area contributed by atoms with E-state index in [1.54, 1.807) is 36.4 Å². The van der Waals surface area contributed by atoms with Crippen LogP contribution in [-0.4, -0.2) is 27.6 Å². The van der Waals surface area contributed by atoms with Crippen molar-refractivity contribution in [2.24, 2.45) is 0 Å². The molecule has 0 aliphatic rings. The van der Waals surface area contributed by atoms with Crippen LogP contribution in [0.4, 0.5) is 0 Å². The van der Waals surface area contributed by atoms with Crippen LogP contribution in [0.15, 0.2) is 59.4 Å². The zero-order valence-corrected chi connectivity index (χ0v) is 16.0. The number of nitrogens with zero attached hydrogens (tertiary/aromatic N) is 1. The molecule has 1 aromatic heterocycles. The second kappa shape index (κ2) is 8.63. The van der Waals surface area contributed by atoms with E-state index in [4.69, 9.17) is 18.0 Å². The minimum atomic E-state index is -1.22. The summed E-state index contributed by atoms with van der Waals surface area (Å²) in [5.41, 5.74) is 1.09. The molecule has 0 fully saturated rings. The number of nitrogens with one attached hydrogen (secondary N) is 1. The summed E-state index contributed by atoms with van der Waals surface area (Å²) >= 11 is 5.82. The Bertz CT molecular complexity index is 1180. The third kappa shape index (κ3) is 4.48. The van der Waals surface area contributed by atoms with Crippen LogP contribution in [0.2, 0.25) is 5.02 Å². The Morgan fingerprint density at radius 1 is 1.17 bits per heavy atom. The SMILES string of the molecule is C#CCn1c(=O)cc(CC(NC(=O)c2ccc(Cl)cc2)C(=O)O)c2ccccc21. The smallest absolute Gasteiger partial charge is 0.326 e. The van der Waals surface area contributed by atoms with E-state index < -0.39 is 17.9 Å². The van der Waals surface area contributed by atoms with Crippen LogP contribution in [0, 0.1) is 12.3 Å². The molecule has 0 aliphatic heterocycles. The highest BCUT2D eigenvalue weighted by Crippen LogP contribution is 2.19. The Kier molecular flexibility index (Phi) is 6.01. The van der Waals surface area contributed by atoms with Crippen molar-refractivity contribution < 1.29 is 14.7 Å². The number of aliphatic carboxylic acids is 1. The number of halogens is 1. The lowest BCUT2D eigenvalue weighted by molar-refractivity contribution is -0.139. The maximum absolute atomic E-state index is 12.5. The van der Waals surface area contributed by atoms with Gasteiger partial charge < -0.3 is 10.4 Å². The summed E-state index contributed by atoms with van der Waals surface area (Å²) in [5, 5.41) is 13.3. The van der Waals surface area contributed by atoms with Crippen molar-refractivity contribution in [3.05, 3.63) is 81.1 Å². The average molecular weight is 409 g/mol. The molecule has 146 valence electrons. The standard InChI is InChI=1S/C22H17ClN2O4/c1-2-11-25-19-6-4-3-5-17(19)15(13-20(25)26)12-18(22(28)29)24-21(27)14-7-9-16(23)10-8-14/h1,3-10,13,18H,11-12H2,(H,24,27)(H,28,29). The van der Waals surface area contributed by atoms with Gasteiger partial charge in [0, 0.05) is 28.5 Å². The summed E-state index contributed by atoms with van der Waals surface area (Å²) in [6.45, 7) is 0.106. The molecule has 0 radical (unpaired) electrons. The summed E-state index contributed by atoms with van der Waals surface area (Å²) in [6, 6.07) is 13.4. The van der Waals surface area contributed by atoms with Gasteiger partial charge in [-0.2, -0.15) is 0 Å². The zero-order valence-electron chi connectivity index (χ0n) is 15.3. The molecule has 0 aliphatic carbocycles. The minimum Gasteiger partial charge on any atom is -0.480 e. The van der Waals surface area contributed by atoms with Crippen molar-refractivity contribution in [1.82, 2.24) is 9.88 Å². The number of rotatable bonds is 6. The first-order valence-corrected chi connectivity index (χ1v) is 9.12. The molecular formula is C22H17ClN2O4. The molecule has 0 bridgehead atoms. The average Bonchev–Trinajstić information content (AvgIpc) is 2.70. The fourth-order valence-electron chi connectivity index (χ4n) is 3.09. The summed E-state index contributed by atoms with van der Waals surface area (Å²) in [7, 11) is 0. The molecule has 2 N–H and O–H groups in total. The fraction of sp³-hybridized carbons (Fsp3) is 0.136. The molecule has 0 saturated carbocycles. The van der Waals surface area contributed by atoms with Crippen molar-refractivity contribution in [2.45, 2.75) is 19.0 Å². The third-order valence-electron chi connectivity index (χ3n) is 4.49. The maximum Gasteiger partial charge on any atom is 0.326 e. The number of pyridine rings is 1. The van der Waals surface area contributed by atoms with Crippen molar-refractivity contribution in [3.63, 3.8) is 0 Å². The number of terminal acetylenes is 1. The Balaban J connectivity index is 1.94. The molecule has 1 atom stereocenters. The number of carboxylic acids is 1. The maximum atomic E-state index is 12.5. The third-order valence-corrected chi connectivity index (χ3v) is 4.74. The highest BCUT2D eigenvalue weighted by Gasteiger charge is 2.23. The van der Waals surface area contributed by atoms with Crippen LogP contribution in [0.3, 0.4) is 0 Å². The monoisotopic (exact) mass is 408 g/mol. The Labute approximate surface area is 171 Å². The van der Waals surface area contributed by atoms with Crippen molar-refractivity contribution in [2.75, 3.05) is 0 Å². The Hall–Kier alpha value is -3.56. The van der Waals surface area contributed by atoms with Gasteiger partial charge in [-0.1, -0.05) is 35.7 Å². The fourth-order valence-corrected chi connectivity index (χ4v) is 3.22. The molecule has 1 unspecified atom stereocenters. The van der Waals surface area contributed by atoms with Crippen LogP contribution in [-0.2, 0) is 17.8 Å². The molecule has 29 heavy (non-hydrogen) atoms. The molecule has 7 heteroatoms. The first kappa shape index (κ1) is 20.2. The highest BCUT2D eigenvalue weighted by molar-refractivity contribution is 6.30. The van der Waals surface area contributed by atoms with Crippen LogP contribution >= 0.6 is 11.6 Å². The lowest BCUT2D eigenvalue weighted by Gasteiger charge is -2.17. The molecule has 6 nitrogen and oxygen atoms in total. The van der Waals surface area contributed by atoms with Gasteiger partial charge in [-0.25, -0.2) is 4.79 Å².